The summed E-state index contributed by atoms with van der Waals surface area (Å²) in [6, 6.07) is 9.94. The molecule has 0 amide bonds. The number of hydrogen-bond acceptors (Lipinski definition) is 5. The van der Waals surface area contributed by atoms with Crippen molar-refractivity contribution < 1.29 is 14.3 Å². The number of benzene rings is 1. The molecule has 1 aromatic carbocycles. The van der Waals surface area contributed by atoms with Crippen molar-refractivity contribution in [2.75, 3.05) is 0 Å². The summed E-state index contributed by atoms with van der Waals surface area (Å²) in [5.41, 5.74) is 4.07. The smallest absolute Gasteiger partial charge is 0.339 e. The number of carbonyl (C=O) groups excluding carboxylic acids is 2. The SMILES string of the molecule is Cc1ccc(Cn2ncc3c(C(=O)O[C@H]4CCCCC4=O)cc(C)nc32)cc1. The first-order valence-corrected chi connectivity index (χ1v) is 9.63. The molecule has 1 fully saturated rings. The molecule has 0 N–H and O–H groups in total. The van der Waals surface area contributed by atoms with Crippen molar-refractivity contribution in [3.05, 3.63) is 58.9 Å². The number of nitrogens with zero attached hydrogens (tertiary/aromatic N) is 3. The van der Waals surface area contributed by atoms with Gasteiger partial charge in [0.05, 0.1) is 23.7 Å². The second kappa shape index (κ2) is 7.54. The van der Waals surface area contributed by atoms with Crippen molar-refractivity contribution in [2.24, 2.45) is 0 Å². The molecule has 28 heavy (non-hydrogen) atoms. The molecule has 1 atom stereocenters. The van der Waals surface area contributed by atoms with Gasteiger partial charge in [0.1, 0.15) is 0 Å². The van der Waals surface area contributed by atoms with Crippen LogP contribution in [0.15, 0.2) is 36.5 Å². The lowest BCUT2D eigenvalue weighted by Gasteiger charge is -2.20. The van der Waals surface area contributed by atoms with E-state index in [4.69, 9.17) is 4.74 Å². The van der Waals surface area contributed by atoms with E-state index in [-0.39, 0.29) is 5.78 Å². The van der Waals surface area contributed by atoms with E-state index in [0.29, 0.717) is 41.7 Å². The fraction of sp³-hybridized carbons (Fsp3) is 0.364. The van der Waals surface area contributed by atoms with Gasteiger partial charge >= 0.3 is 5.97 Å². The molecule has 0 radical (unpaired) electrons. The zero-order valence-corrected chi connectivity index (χ0v) is 16.1. The molecular weight excluding hydrogens is 354 g/mol. The van der Waals surface area contributed by atoms with Gasteiger partial charge in [-0.05, 0) is 44.7 Å². The first-order chi connectivity index (χ1) is 13.5. The molecule has 1 saturated carbocycles. The van der Waals surface area contributed by atoms with Crippen molar-refractivity contribution in [1.29, 1.82) is 0 Å². The Labute approximate surface area is 163 Å². The highest BCUT2D eigenvalue weighted by atomic mass is 16.5. The van der Waals surface area contributed by atoms with Gasteiger partial charge in [0.2, 0.25) is 0 Å². The highest BCUT2D eigenvalue weighted by Gasteiger charge is 2.27. The van der Waals surface area contributed by atoms with Crippen LogP contribution in [0.3, 0.4) is 0 Å². The summed E-state index contributed by atoms with van der Waals surface area (Å²) in [5, 5.41) is 5.08. The minimum Gasteiger partial charge on any atom is -0.451 e. The zero-order valence-electron chi connectivity index (χ0n) is 16.1. The van der Waals surface area contributed by atoms with Gasteiger partial charge in [0, 0.05) is 12.1 Å². The highest BCUT2D eigenvalue weighted by molar-refractivity contribution is 6.03. The Hall–Kier alpha value is -3.02. The topological polar surface area (TPSA) is 74.1 Å². The fourth-order valence-electron chi connectivity index (χ4n) is 3.59. The van der Waals surface area contributed by atoms with Crippen molar-refractivity contribution in [3.8, 4) is 0 Å². The van der Waals surface area contributed by atoms with Crippen molar-refractivity contribution in [1.82, 2.24) is 14.8 Å². The van der Waals surface area contributed by atoms with Crippen LogP contribution in [0.1, 0.15) is 52.9 Å². The second-order valence-electron chi connectivity index (χ2n) is 7.44. The molecule has 0 unspecified atom stereocenters. The molecular formula is C22H23N3O3. The molecule has 0 spiro atoms. The number of aryl methyl sites for hydroxylation is 2. The van der Waals surface area contributed by atoms with Crippen molar-refractivity contribution >= 4 is 22.8 Å². The normalized spacial score (nSPS) is 17.1. The average molecular weight is 377 g/mol. The Kier molecular flexibility index (Phi) is 4.94. The lowest BCUT2D eigenvalue weighted by molar-refractivity contribution is -0.129. The highest BCUT2D eigenvalue weighted by Crippen LogP contribution is 2.23. The van der Waals surface area contributed by atoms with Crippen LogP contribution in [-0.4, -0.2) is 32.6 Å². The van der Waals surface area contributed by atoms with Crippen LogP contribution in [0.2, 0.25) is 0 Å². The monoisotopic (exact) mass is 377 g/mol. The number of Topliss-reactive ketones (excluding diaryl/α,β-unsaturated/α-hetero) is 1. The van der Waals surface area contributed by atoms with E-state index >= 15 is 0 Å². The molecule has 2 heterocycles. The van der Waals surface area contributed by atoms with Gasteiger partial charge < -0.3 is 4.74 Å². The number of ketones is 1. The van der Waals surface area contributed by atoms with E-state index in [1.165, 1.54) is 5.56 Å². The lowest BCUT2D eigenvalue weighted by atomic mass is 9.96. The van der Waals surface area contributed by atoms with Crippen molar-refractivity contribution in [2.45, 2.75) is 52.2 Å². The molecule has 0 aliphatic heterocycles. The number of fused-ring (bicyclic) bond motifs is 1. The van der Waals surface area contributed by atoms with E-state index in [2.05, 4.69) is 34.3 Å². The molecule has 6 nitrogen and oxygen atoms in total. The Balaban J connectivity index is 1.64. The molecule has 144 valence electrons. The molecule has 1 aliphatic carbocycles. The number of esters is 1. The standard InChI is InChI=1S/C22H23N3O3/c1-14-7-9-16(10-8-14)13-25-21-18(12-23-25)17(11-15(2)24-21)22(27)28-20-6-4-3-5-19(20)26/h7-12,20H,3-6,13H2,1-2H3/t20-/m0/s1. The predicted molar refractivity (Wildman–Crippen MR) is 105 cm³/mol. The number of aromatic nitrogens is 3. The number of pyridine rings is 1. The third-order valence-corrected chi connectivity index (χ3v) is 5.16. The predicted octanol–water partition coefficient (Wildman–Crippen LogP) is 3.76. The Morgan fingerprint density at radius 2 is 2.00 bits per heavy atom. The van der Waals surface area contributed by atoms with Crippen molar-refractivity contribution in [3.63, 3.8) is 0 Å². The van der Waals surface area contributed by atoms with Gasteiger partial charge in [0.25, 0.3) is 0 Å². The first-order valence-electron chi connectivity index (χ1n) is 9.63. The summed E-state index contributed by atoms with van der Waals surface area (Å²) in [6.45, 7) is 4.45. The largest absolute Gasteiger partial charge is 0.451 e. The quantitative estimate of drug-likeness (QED) is 0.647. The molecule has 6 heteroatoms. The van der Waals surface area contributed by atoms with Gasteiger partial charge in [-0.15, -0.1) is 0 Å². The van der Waals surface area contributed by atoms with Gasteiger partial charge in [-0.2, -0.15) is 5.10 Å². The number of carbonyl (C=O) groups is 2. The van der Waals surface area contributed by atoms with Crippen LogP contribution in [0.25, 0.3) is 11.0 Å². The summed E-state index contributed by atoms with van der Waals surface area (Å²) in [4.78, 5) is 29.4. The van der Waals surface area contributed by atoms with Gasteiger partial charge in [-0.1, -0.05) is 29.8 Å². The second-order valence-corrected chi connectivity index (χ2v) is 7.44. The maximum Gasteiger partial charge on any atom is 0.339 e. The Morgan fingerprint density at radius 1 is 1.21 bits per heavy atom. The Bertz CT molecular complexity index is 1040. The zero-order chi connectivity index (χ0) is 19.7. The van der Waals surface area contributed by atoms with Crippen LogP contribution in [0.5, 0.6) is 0 Å². The summed E-state index contributed by atoms with van der Waals surface area (Å²) in [6.07, 6.45) is 3.88. The van der Waals surface area contributed by atoms with E-state index < -0.39 is 12.1 Å². The average Bonchev–Trinajstić information content (AvgIpc) is 3.07. The molecule has 1 aliphatic rings. The van der Waals surface area contributed by atoms with E-state index in [0.717, 1.165) is 18.4 Å². The first kappa shape index (κ1) is 18.3. The van der Waals surface area contributed by atoms with Gasteiger partial charge in [-0.25, -0.2) is 14.5 Å². The third kappa shape index (κ3) is 3.67. The van der Waals surface area contributed by atoms with Crippen LogP contribution < -0.4 is 0 Å². The third-order valence-electron chi connectivity index (χ3n) is 5.16. The summed E-state index contributed by atoms with van der Waals surface area (Å²) in [7, 11) is 0. The number of ether oxygens (including phenoxy) is 1. The number of hydrogen-bond donors (Lipinski definition) is 0. The van der Waals surface area contributed by atoms with Crippen LogP contribution in [0, 0.1) is 13.8 Å². The van der Waals surface area contributed by atoms with Crippen LogP contribution in [-0.2, 0) is 16.1 Å². The fourth-order valence-corrected chi connectivity index (χ4v) is 3.59. The molecule has 0 bridgehead atoms. The summed E-state index contributed by atoms with van der Waals surface area (Å²) < 4.78 is 7.33. The van der Waals surface area contributed by atoms with E-state index in [1.54, 1.807) is 16.9 Å². The molecule has 0 saturated heterocycles. The minimum atomic E-state index is -0.632. The van der Waals surface area contributed by atoms with Crippen LogP contribution in [0.4, 0.5) is 0 Å². The van der Waals surface area contributed by atoms with E-state index in [1.807, 2.05) is 13.8 Å². The minimum absolute atomic E-state index is 0.0108. The maximum absolute atomic E-state index is 12.8. The van der Waals surface area contributed by atoms with Crippen LogP contribution >= 0.6 is 0 Å². The number of rotatable bonds is 4. The molecule has 3 aromatic rings. The lowest BCUT2D eigenvalue weighted by Crippen LogP contribution is -2.30. The molecule has 2 aromatic heterocycles. The summed E-state index contributed by atoms with van der Waals surface area (Å²) in [5.74, 6) is -0.470. The Morgan fingerprint density at radius 3 is 2.75 bits per heavy atom. The maximum atomic E-state index is 12.8. The summed E-state index contributed by atoms with van der Waals surface area (Å²) >= 11 is 0. The van der Waals surface area contributed by atoms with Gasteiger partial charge in [-0.3, -0.25) is 4.79 Å². The van der Waals surface area contributed by atoms with E-state index in [9.17, 15) is 9.59 Å². The van der Waals surface area contributed by atoms with Gasteiger partial charge in [0.15, 0.2) is 17.5 Å². The molecule has 4 rings (SSSR count).